The zero-order chi connectivity index (χ0) is 13.2. The van der Waals surface area contributed by atoms with Crippen LogP contribution < -0.4 is 0 Å². The van der Waals surface area contributed by atoms with Crippen molar-refractivity contribution >= 4 is 22.6 Å². The average Bonchev–Trinajstić information content (AvgIpc) is 3.07. The van der Waals surface area contributed by atoms with E-state index < -0.39 is 0 Å². The Morgan fingerprint density at radius 1 is 1.16 bits per heavy atom. The molecule has 0 saturated carbocycles. The third kappa shape index (κ3) is 2.38. The van der Waals surface area contributed by atoms with Crippen LogP contribution in [0.4, 0.5) is 0 Å². The quantitative estimate of drug-likeness (QED) is 0.677. The van der Waals surface area contributed by atoms with Gasteiger partial charge >= 0.3 is 0 Å². The summed E-state index contributed by atoms with van der Waals surface area (Å²) < 4.78 is 0. The number of nitrogens with zero attached hydrogens (tertiary/aromatic N) is 1. The Morgan fingerprint density at radius 2 is 1.89 bits per heavy atom. The molecule has 1 amide bonds. The van der Waals surface area contributed by atoms with Crippen LogP contribution in [0.15, 0.2) is 30.3 Å². The molecule has 0 spiro atoms. The van der Waals surface area contributed by atoms with Crippen LogP contribution in [-0.2, 0) is 4.79 Å². The largest absolute Gasteiger partial charge is 0.352 e. The summed E-state index contributed by atoms with van der Waals surface area (Å²) in [7, 11) is 0. The second kappa shape index (κ2) is 4.88. The van der Waals surface area contributed by atoms with Gasteiger partial charge < -0.3 is 9.88 Å². The predicted molar refractivity (Wildman–Crippen MR) is 73.1 cm³/mol. The zero-order valence-electron chi connectivity index (χ0n) is 10.7. The average molecular weight is 256 g/mol. The molecule has 19 heavy (non-hydrogen) atoms. The fraction of sp³-hybridized carbons (Fsp3) is 0.333. The first-order chi connectivity index (χ1) is 9.24. The maximum absolute atomic E-state index is 12.1. The Labute approximate surface area is 111 Å². The van der Waals surface area contributed by atoms with E-state index >= 15 is 0 Å². The molecule has 98 valence electrons. The molecule has 4 heteroatoms. The number of Topliss-reactive ketones (excluding diaryl/α,β-unsaturated/α-hetero) is 1. The summed E-state index contributed by atoms with van der Waals surface area (Å²) >= 11 is 0. The molecule has 4 nitrogen and oxygen atoms in total. The van der Waals surface area contributed by atoms with Crippen LogP contribution >= 0.6 is 0 Å². The lowest BCUT2D eigenvalue weighted by atomic mass is 10.2. The number of carbonyl (C=O) groups excluding carboxylic acids is 2. The van der Waals surface area contributed by atoms with Gasteiger partial charge in [-0.2, -0.15) is 0 Å². The second-order valence-electron chi connectivity index (χ2n) is 4.96. The van der Waals surface area contributed by atoms with Gasteiger partial charge in [-0.05, 0) is 25.0 Å². The summed E-state index contributed by atoms with van der Waals surface area (Å²) in [6.45, 7) is 1.58. The minimum absolute atomic E-state index is 0.0349. The van der Waals surface area contributed by atoms with E-state index in [1.54, 1.807) is 4.90 Å². The summed E-state index contributed by atoms with van der Waals surface area (Å²) in [5.41, 5.74) is 1.45. The summed E-state index contributed by atoms with van der Waals surface area (Å²) in [4.78, 5) is 28.9. The van der Waals surface area contributed by atoms with E-state index in [1.165, 1.54) is 0 Å². The van der Waals surface area contributed by atoms with Crippen LogP contribution in [0.5, 0.6) is 0 Å². The van der Waals surface area contributed by atoms with Crippen molar-refractivity contribution in [1.29, 1.82) is 0 Å². The van der Waals surface area contributed by atoms with Crippen LogP contribution in [0, 0.1) is 0 Å². The van der Waals surface area contributed by atoms with E-state index in [-0.39, 0.29) is 18.1 Å². The van der Waals surface area contributed by atoms with Crippen LogP contribution in [0.2, 0.25) is 0 Å². The van der Waals surface area contributed by atoms with Crippen LogP contribution in [0.1, 0.15) is 29.8 Å². The predicted octanol–water partition coefficient (Wildman–Crippen LogP) is 2.36. The maximum atomic E-state index is 12.1. The topological polar surface area (TPSA) is 53.2 Å². The Kier molecular flexibility index (Phi) is 3.07. The number of ketones is 1. The summed E-state index contributed by atoms with van der Waals surface area (Å²) in [6.07, 6.45) is 2.06. The molecule has 1 saturated heterocycles. The van der Waals surface area contributed by atoms with Crippen molar-refractivity contribution in [2.75, 3.05) is 13.1 Å². The van der Waals surface area contributed by atoms with Gasteiger partial charge in [-0.15, -0.1) is 0 Å². The first kappa shape index (κ1) is 12.0. The van der Waals surface area contributed by atoms with E-state index in [1.807, 2.05) is 30.3 Å². The van der Waals surface area contributed by atoms with Gasteiger partial charge in [0.05, 0.1) is 12.1 Å². The molecule has 1 aliphatic rings. The molecular formula is C15H16N2O2. The molecule has 0 unspecified atom stereocenters. The number of nitrogens with one attached hydrogen (secondary N) is 1. The number of rotatable bonds is 3. The lowest BCUT2D eigenvalue weighted by Crippen LogP contribution is -2.29. The van der Waals surface area contributed by atoms with E-state index in [0.717, 1.165) is 36.8 Å². The van der Waals surface area contributed by atoms with Crippen molar-refractivity contribution in [3.63, 3.8) is 0 Å². The van der Waals surface area contributed by atoms with Gasteiger partial charge in [-0.3, -0.25) is 9.59 Å². The van der Waals surface area contributed by atoms with Crippen molar-refractivity contribution in [2.45, 2.75) is 19.3 Å². The third-order valence-electron chi connectivity index (χ3n) is 3.60. The number of hydrogen-bond acceptors (Lipinski definition) is 2. The van der Waals surface area contributed by atoms with Crippen molar-refractivity contribution in [1.82, 2.24) is 9.88 Å². The molecule has 1 fully saturated rings. The molecule has 0 radical (unpaired) electrons. The number of aromatic nitrogens is 1. The number of benzene rings is 1. The van der Waals surface area contributed by atoms with Gasteiger partial charge in [0.25, 0.3) is 0 Å². The molecular weight excluding hydrogens is 240 g/mol. The van der Waals surface area contributed by atoms with E-state index in [2.05, 4.69) is 4.98 Å². The number of para-hydroxylation sites is 1. The number of hydrogen-bond donors (Lipinski definition) is 1. The van der Waals surface area contributed by atoms with E-state index in [9.17, 15) is 9.59 Å². The van der Waals surface area contributed by atoms with Crippen molar-refractivity contribution in [3.8, 4) is 0 Å². The highest BCUT2D eigenvalue weighted by molar-refractivity contribution is 6.08. The minimum atomic E-state index is -0.131. The van der Waals surface area contributed by atoms with Crippen LogP contribution in [-0.4, -0.2) is 34.7 Å². The number of fused-ring (bicyclic) bond motifs is 1. The molecule has 2 heterocycles. The molecule has 1 N–H and O–H groups in total. The van der Waals surface area contributed by atoms with E-state index in [0.29, 0.717) is 5.69 Å². The van der Waals surface area contributed by atoms with Crippen molar-refractivity contribution in [3.05, 3.63) is 36.0 Å². The fourth-order valence-corrected chi connectivity index (χ4v) is 2.53. The third-order valence-corrected chi connectivity index (χ3v) is 3.60. The minimum Gasteiger partial charge on any atom is -0.352 e. The second-order valence-corrected chi connectivity index (χ2v) is 4.96. The number of H-pyrrole nitrogens is 1. The van der Waals surface area contributed by atoms with Gasteiger partial charge in [0.15, 0.2) is 5.78 Å². The molecule has 2 aromatic rings. The van der Waals surface area contributed by atoms with Gasteiger partial charge in [-0.25, -0.2) is 0 Å². The number of amides is 1. The highest BCUT2D eigenvalue weighted by Gasteiger charge is 2.21. The molecule has 0 aliphatic carbocycles. The summed E-state index contributed by atoms with van der Waals surface area (Å²) in [5, 5.41) is 1.000. The van der Waals surface area contributed by atoms with Crippen molar-refractivity contribution in [2.24, 2.45) is 0 Å². The molecule has 1 aromatic carbocycles. The standard InChI is InChI=1S/C15H16N2O2/c18-14(10-15(19)17-7-3-4-8-17)13-9-11-5-1-2-6-12(11)16-13/h1-2,5-6,9,16H,3-4,7-8,10H2. The molecule has 0 atom stereocenters. The lowest BCUT2D eigenvalue weighted by Gasteiger charge is -2.13. The van der Waals surface area contributed by atoms with Crippen LogP contribution in [0.25, 0.3) is 10.9 Å². The normalized spacial score (nSPS) is 15.1. The fourth-order valence-electron chi connectivity index (χ4n) is 2.53. The molecule has 0 bridgehead atoms. The monoisotopic (exact) mass is 256 g/mol. The van der Waals surface area contributed by atoms with Gasteiger partial charge in [-0.1, -0.05) is 18.2 Å². The van der Waals surface area contributed by atoms with E-state index in [4.69, 9.17) is 0 Å². The first-order valence-electron chi connectivity index (χ1n) is 6.63. The lowest BCUT2D eigenvalue weighted by molar-refractivity contribution is -0.129. The highest BCUT2D eigenvalue weighted by atomic mass is 16.2. The molecule has 1 aromatic heterocycles. The maximum Gasteiger partial charge on any atom is 0.230 e. The summed E-state index contributed by atoms with van der Waals surface area (Å²) in [6, 6.07) is 9.54. The highest BCUT2D eigenvalue weighted by Crippen LogP contribution is 2.17. The Hall–Kier alpha value is -2.10. The Balaban J connectivity index is 1.74. The summed E-state index contributed by atoms with van der Waals surface area (Å²) in [5.74, 6) is -0.186. The number of carbonyl (C=O) groups is 2. The SMILES string of the molecule is O=C(CC(=O)N1CCCC1)c1cc2ccccc2[nH]1. The number of aromatic amines is 1. The molecule has 1 aliphatic heterocycles. The van der Waals surface area contributed by atoms with Gasteiger partial charge in [0.1, 0.15) is 0 Å². The van der Waals surface area contributed by atoms with Gasteiger partial charge in [0, 0.05) is 24.0 Å². The first-order valence-corrected chi connectivity index (χ1v) is 6.63. The van der Waals surface area contributed by atoms with Crippen molar-refractivity contribution < 1.29 is 9.59 Å². The van der Waals surface area contributed by atoms with Gasteiger partial charge in [0.2, 0.25) is 5.91 Å². The Bertz CT molecular complexity index is 591. The Morgan fingerprint density at radius 3 is 2.63 bits per heavy atom. The van der Waals surface area contributed by atoms with Crippen LogP contribution in [0.3, 0.4) is 0 Å². The molecule has 3 rings (SSSR count). The zero-order valence-corrected chi connectivity index (χ0v) is 10.7. The smallest absolute Gasteiger partial charge is 0.230 e. The number of likely N-dealkylation sites (tertiary alicyclic amines) is 1.